The summed E-state index contributed by atoms with van der Waals surface area (Å²) in [7, 11) is 0. The van der Waals surface area contributed by atoms with E-state index in [1.807, 2.05) is 0 Å². The molecule has 0 aliphatic heterocycles. The molecule has 0 aliphatic carbocycles. The van der Waals surface area contributed by atoms with Crippen molar-refractivity contribution in [2.75, 3.05) is 0 Å². The Labute approximate surface area is 163 Å². The summed E-state index contributed by atoms with van der Waals surface area (Å²) in [4.78, 5) is 0. The van der Waals surface area contributed by atoms with Gasteiger partial charge in [0.25, 0.3) is 0 Å². The van der Waals surface area contributed by atoms with Crippen molar-refractivity contribution in [2.45, 2.75) is 0 Å². The second kappa shape index (κ2) is 15.7. The van der Waals surface area contributed by atoms with E-state index in [1.54, 1.807) is 0 Å². The van der Waals surface area contributed by atoms with Crippen LogP contribution in [0.15, 0.2) is 0 Å². The van der Waals surface area contributed by atoms with Crippen LogP contribution in [0.3, 0.4) is 0 Å². The minimum atomic E-state index is 0. The van der Waals surface area contributed by atoms with Gasteiger partial charge in [0.2, 0.25) is 0 Å². The van der Waals surface area contributed by atoms with E-state index >= 15 is 0 Å². The van der Waals surface area contributed by atoms with Crippen LogP contribution in [0.5, 0.6) is 0 Å². The largest absolute Gasteiger partial charge is 2.00 e. The zero-order valence-corrected chi connectivity index (χ0v) is 18.5. The molecule has 18 valence electrons. The van der Waals surface area contributed by atoms with Crippen molar-refractivity contribution >= 4 is 159 Å². The van der Waals surface area contributed by atoms with Crippen LogP contribution >= 0.6 is 0 Å². The molecule has 0 saturated heterocycles. The van der Waals surface area contributed by atoms with Crippen LogP contribution in [0, 0.1) is 0 Å². The first-order chi connectivity index (χ1) is 0. The molecule has 0 heterocycles. The first kappa shape index (κ1) is 22.9. The molecular weight excluding hydrogens is 472 g/mol. The van der Waals surface area contributed by atoms with E-state index in [2.05, 4.69) is 0 Å². The van der Waals surface area contributed by atoms with E-state index in [1.165, 1.54) is 0 Å². The van der Waals surface area contributed by atoms with Crippen LogP contribution < -0.4 is 0 Å². The van der Waals surface area contributed by atoms with Crippen molar-refractivity contribution in [3.05, 3.63) is 0 Å². The molecule has 0 amide bonds. The molecular formula is H8BaCaPbSr. The van der Waals surface area contributed by atoms with E-state index in [-0.39, 0.29) is 168 Å². The van der Waals surface area contributed by atoms with Gasteiger partial charge in [-0.05, 0) is 0 Å². The van der Waals surface area contributed by atoms with Gasteiger partial charge in [0.15, 0.2) is 0 Å². The zero-order valence-electron chi connectivity index (χ0n) is 8.83. The van der Waals surface area contributed by atoms with Crippen molar-refractivity contribution in [3.8, 4) is 0 Å². The van der Waals surface area contributed by atoms with Crippen molar-refractivity contribution in [1.82, 2.24) is 0 Å². The third-order valence-electron chi connectivity index (χ3n) is 0. The number of hydrogen-bond donors (Lipinski definition) is 0. The van der Waals surface area contributed by atoms with Gasteiger partial charge in [0, 0.05) is 0 Å². The Morgan fingerprint density at radius 1 is 1.25 bits per heavy atom. The maximum Gasteiger partial charge on any atom is 2.00 e. The first-order valence-corrected chi connectivity index (χ1v) is 0. The van der Waals surface area contributed by atoms with Crippen LogP contribution in [-0.4, -0.2) is 159 Å². The van der Waals surface area contributed by atoms with E-state index < -0.39 is 0 Å². The standard InChI is InChI=1S/Ba.Ca.Pb.Sr.8H/q2*+2;;+2;;;6*-1. The van der Waals surface area contributed by atoms with E-state index in [4.69, 9.17) is 0 Å². The van der Waals surface area contributed by atoms with Gasteiger partial charge in [-0.15, -0.1) is 0 Å². The fraction of sp³-hybridized carbons (Fsp3) is 0. The Hall–Kier alpha value is 5.23. The summed E-state index contributed by atoms with van der Waals surface area (Å²) in [5, 5.41) is 0. The average Bonchev–Trinajstić information content (AvgIpc) is 0. The predicted octanol–water partition coefficient (Wildman–Crippen LogP) is -1.38. The molecule has 0 atom stereocenters. The molecule has 0 unspecified atom stereocenters. The normalized spacial score (nSPS) is 0. The molecule has 4 heavy (non-hydrogen) atoms. The Morgan fingerprint density at radius 3 is 1.25 bits per heavy atom. The van der Waals surface area contributed by atoms with Crippen LogP contribution in [0.1, 0.15) is 8.56 Å². The van der Waals surface area contributed by atoms with E-state index in [9.17, 15) is 0 Å². The first-order valence-electron chi connectivity index (χ1n) is 0. The third kappa shape index (κ3) is 10.3. The Bertz CT molecular complexity index is 17.7. The quantitative estimate of drug-likeness (QED) is 0.375. The summed E-state index contributed by atoms with van der Waals surface area (Å²) in [5.41, 5.74) is 0. The molecule has 0 aromatic heterocycles. The van der Waals surface area contributed by atoms with Crippen molar-refractivity contribution in [3.63, 3.8) is 0 Å². The summed E-state index contributed by atoms with van der Waals surface area (Å²) in [6.07, 6.45) is 0. The Balaban J connectivity index is 0. The molecule has 4 heteroatoms. The van der Waals surface area contributed by atoms with Gasteiger partial charge in [-0.2, -0.15) is 0 Å². The average molecular weight is 480 g/mol. The summed E-state index contributed by atoms with van der Waals surface area (Å²) < 4.78 is 0. The van der Waals surface area contributed by atoms with Gasteiger partial charge in [-0.25, -0.2) is 0 Å². The van der Waals surface area contributed by atoms with Crippen molar-refractivity contribution in [2.24, 2.45) is 0 Å². The Kier molecular flexibility index (Phi) is 89.9. The SMILES string of the molecule is [Ba+2].[Ca+2].[H-].[H-].[H-].[H-].[H-].[H-].[PbH2].[Sr+2]. The molecule has 2 radical (unpaired) electrons. The van der Waals surface area contributed by atoms with Gasteiger partial charge in [0.1, 0.15) is 0 Å². The molecule has 0 rings (SSSR count). The van der Waals surface area contributed by atoms with Gasteiger partial charge in [0.05, 0.1) is 0 Å². The zero-order chi connectivity index (χ0) is 0. The summed E-state index contributed by atoms with van der Waals surface area (Å²) in [5.74, 6) is 0. The smallest absolute Gasteiger partial charge is 2.00 e. The molecule has 0 spiro atoms. The minimum absolute atomic E-state index is 0. The Morgan fingerprint density at radius 2 is 1.25 bits per heavy atom. The molecule has 0 nitrogen and oxygen atoms in total. The maximum absolute atomic E-state index is 0. The second-order valence-electron chi connectivity index (χ2n) is 0. The van der Waals surface area contributed by atoms with Crippen LogP contribution in [0.4, 0.5) is 0 Å². The monoisotopic (exact) mass is 482 g/mol. The van der Waals surface area contributed by atoms with E-state index in [0.29, 0.717) is 0 Å². The molecule has 0 aromatic carbocycles. The maximum atomic E-state index is 0. The summed E-state index contributed by atoms with van der Waals surface area (Å²) in [6.45, 7) is 0. The second-order valence-corrected chi connectivity index (χ2v) is 0. The summed E-state index contributed by atoms with van der Waals surface area (Å²) in [6, 6.07) is 0. The van der Waals surface area contributed by atoms with Crippen molar-refractivity contribution in [1.29, 1.82) is 0 Å². The number of hydrogen-bond acceptors (Lipinski definition) is 0. The minimum Gasteiger partial charge on any atom is 2.00 e. The topological polar surface area (TPSA) is 0 Å². The third-order valence-corrected chi connectivity index (χ3v) is 0. The van der Waals surface area contributed by atoms with Crippen LogP contribution in [0.25, 0.3) is 0 Å². The fourth-order valence-electron chi connectivity index (χ4n) is 0. The van der Waals surface area contributed by atoms with Crippen LogP contribution in [0.2, 0.25) is 0 Å². The van der Waals surface area contributed by atoms with Gasteiger partial charge in [-0.1, -0.05) is 0 Å². The fourth-order valence-corrected chi connectivity index (χ4v) is 0. The predicted molar refractivity (Wildman–Crippen MR) is 32.5 cm³/mol. The van der Waals surface area contributed by atoms with Crippen LogP contribution in [-0.2, 0) is 0 Å². The molecule has 0 saturated carbocycles. The van der Waals surface area contributed by atoms with Gasteiger partial charge < -0.3 is 8.56 Å². The molecule has 0 fully saturated rings. The summed E-state index contributed by atoms with van der Waals surface area (Å²) >= 11 is 0. The number of rotatable bonds is 0. The molecule has 0 bridgehead atoms. The molecule has 0 N–H and O–H groups in total. The van der Waals surface area contributed by atoms with Gasteiger partial charge in [-0.3, -0.25) is 0 Å². The molecule has 0 aromatic rings. The van der Waals surface area contributed by atoms with Crippen molar-refractivity contribution < 1.29 is 8.56 Å². The van der Waals surface area contributed by atoms with Gasteiger partial charge >= 0.3 is 159 Å². The van der Waals surface area contributed by atoms with E-state index in [0.717, 1.165) is 0 Å². The molecule has 0 aliphatic rings.